The van der Waals surface area contributed by atoms with E-state index >= 15 is 0 Å². The zero-order valence-corrected chi connectivity index (χ0v) is 18.5. The Morgan fingerprint density at radius 3 is 2.62 bits per heavy atom. The molecule has 1 saturated heterocycles. The summed E-state index contributed by atoms with van der Waals surface area (Å²) in [6.07, 6.45) is 6.37. The summed E-state index contributed by atoms with van der Waals surface area (Å²) >= 11 is 0. The zero-order valence-electron chi connectivity index (χ0n) is 18.5. The number of piperidine rings is 1. The Morgan fingerprint density at radius 2 is 1.84 bits per heavy atom. The van der Waals surface area contributed by atoms with Crippen LogP contribution >= 0.6 is 0 Å². The SMILES string of the molecule is O=C(O)CC(CCc1c[nH]c2ccccc12)NC(=O)CCC(=O)NCCC1CCNCC1. The minimum Gasteiger partial charge on any atom is -0.481 e. The maximum absolute atomic E-state index is 12.3. The third kappa shape index (κ3) is 7.67. The van der Waals surface area contributed by atoms with Crippen LogP contribution in [0.1, 0.15) is 50.5 Å². The Labute approximate surface area is 188 Å². The van der Waals surface area contributed by atoms with Crippen LogP contribution in [-0.4, -0.2) is 53.6 Å². The van der Waals surface area contributed by atoms with Crippen molar-refractivity contribution in [3.63, 3.8) is 0 Å². The van der Waals surface area contributed by atoms with Crippen molar-refractivity contribution in [3.8, 4) is 0 Å². The Kier molecular flexibility index (Phi) is 9.10. The third-order valence-electron chi connectivity index (χ3n) is 6.14. The van der Waals surface area contributed by atoms with E-state index in [4.69, 9.17) is 0 Å². The highest BCUT2D eigenvalue weighted by atomic mass is 16.4. The Balaban J connectivity index is 1.39. The van der Waals surface area contributed by atoms with E-state index in [1.54, 1.807) is 0 Å². The molecular formula is C24H34N4O4. The lowest BCUT2D eigenvalue weighted by Crippen LogP contribution is -2.37. The highest BCUT2D eigenvalue weighted by Gasteiger charge is 2.18. The number of nitrogens with one attached hydrogen (secondary N) is 4. The highest BCUT2D eigenvalue weighted by Crippen LogP contribution is 2.20. The van der Waals surface area contributed by atoms with Crippen LogP contribution in [0.25, 0.3) is 10.9 Å². The van der Waals surface area contributed by atoms with Crippen LogP contribution in [-0.2, 0) is 20.8 Å². The largest absolute Gasteiger partial charge is 0.481 e. The number of aryl methyl sites for hydroxylation is 1. The summed E-state index contributed by atoms with van der Waals surface area (Å²) in [5, 5.41) is 19.4. The fourth-order valence-corrected chi connectivity index (χ4v) is 4.31. The first kappa shape index (κ1) is 23.8. The molecule has 2 aromatic rings. The lowest BCUT2D eigenvalue weighted by Gasteiger charge is -2.22. The molecule has 1 unspecified atom stereocenters. The topological polar surface area (TPSA) is 123 Å². The fourth-order valence-electron chi connectivity index (χ4n) is 4.31. The van der Waals surface area contributed by atoms with Gasteiger partial charge in [0.15, 0.2) is 0 Å². The molecule has 32 heavy (non-hydrogen) atoms. The van der Waals surface area contributed by atoms with Crippen LogP contribution in [0.5, 0.6) is 0 Å². The molecular weight excluding hydrogens is 408 g/mol. The average Bonchev–Trinajstić information content (AvgIpc) is 3.19. The van der Waals surface area contributed by atoms with Crippen LogP contribution < -0.4 is 16.0 Å². The summed E-state index contributed by atoms with van der Waals surface area (Å²) in [6.45, 7) is 2.71. The van der Waals surface area contributed by atoms with Crippen molar-refractivity contribution >= 4 is 28.7 Å². The third-order valence-corrected chi connectivity index (χ3v) is 6.14. The second-order valence-corrected chi connectivity index (χ2v) is 8.59. The van der Waals surface area contributed by atoms with Crippen molar-refractivity contribution in [2.24, 2.45) is 5.92 Å². The fraction of sp³-hybridized carbons (Fsp3) is 0.542. The number of hydrogen-bond donors (Lipinski definition) is 5. The molecule has 8 nitrogen and oxygen atoms in total. The van der Waals surface area contributed by atoms with E-state index < -0.39 is 12.0 Å². The van der Waals surface area contributed by atoms with Crippen LogP contribution in [0.4, 0.5) is 0 Å². The summed E-state index contributed by atoms with van der Waals surface area (Å²) in [5.74, 6) is -0.731. The molecule has 1 aliphatic heterocycles. The molecule has 5 N–H and O–H groups in total. The quantitative estimate of drug-likeness (QED) is 0.345. The molecule has 1 fully saturated rings. The predicted molar refractivity (Wildman–Crippen MR) is 123 cm³/mol. The molecule has 2 amide bonds. The number of aliphatic carboxylic acids is 1. The van der Waals surface area contributed by atoms with Crippen molar-refractivity contribution in [3.05, 3.63) is 36.0 Å². The number of hydrogen-bond acceptors (Lipinski definition) is 4. The van der Waals surface area contributed by atoms with E-state index in [1.807, 2.05) is 30.5 Å². The first-order valence-corrected chi connectivity index (χ1v) is 11.5. The monoisotopic (exact) mass is 442 g/mol. The average molecular weight is 443 g/mol. The van der Waals surface area contributed by atoms with Gasteiger partial charge in [-0.2, -0.15) is 0 Å². The molecule has 2 heterocycles. The maximum atomic E-state index is 12.3. The molecule has 0 radical (unpaired) electrons. The summed E-state index contributed by atoms with van der Waals surface area (Å²) in [4.78, 5) is 38.9. The molecule has 0 spiro atoms. The molecule has 1 atom stereocenters. The van der Waals surface area contributed by atoms with Crippen LogP contribution in [0.2, 0.25) is 0 Å². The minimum absolute atomic E-state index is 0.0579. The molecule has 8 heteroatoms. The van der Waals surface area contributed by atoms with E-state index in [-0.39, 0.29) is 31.1 Å². The van der Waals surface area contributed by atoms with Gasteiger partial charge in [0.1, 0.15) is 0 Å². The van der Waals surface area contributed by atoms with E-state index in [0.717, 1.165) is 48.8 Å². The number of para-hydroxylation sites is 1. The number of carboxylic acid groups (broad SMARTS) is 1. The Morgan fingerprint density at radius 1 is 1.09 bits per heavy atom. The standard InChI is InChI=1S/C24H34N4O4/c29-22(26-14-11-17-9-12-25-13-10-17)7-8-23(30)28-19(15-24(31)32)6-5-18-16-27-21-4-2-1-3-20(18)21/h1-4,16-17,19,25,27H,5-15H2,(H,26,29)(H,28,30)(H,31,32). The lowest BCUT2D eigenvalue weighted by molar-refractivity contribution is -0.138. The van der Waals surface area contributed by atoms with Crippen LogP contribution in [0.15, 0.2) is 30.5 Å². The number of carboxylic acids is 1. The number of rotatable bonds is 12. The van der Waals surface area contributed by atoms with Gasteiger partial charge in [-0.15, -0.1) is 0 Å². The molecule has 174 valence electrons. The number of aromatic amines is 1. The van der Waals surface area contributed by atoms with E-state index in [1.165, 1.54) is 0 Å². The summed E-state index contributed by atoms with van der Waals surface area (Å²) < 4.78 is 0. The van der Waals surface area contributed by atoms with Gasteiger partial charge in [-0.3, -0.25) is 14.4 Å². The summed E-state index contributed by atoms with van der Waals surface area (Å²) in [5.41, 5.74) is 2.13. The highest BCUT2D eigenvalue weighted by molar-refractivity contribution is 5.84. The summed E-state index contributed by atoms with van der Waals surface area (Å²) in [7, 11) is 0. The molecule has 1 aromatic heterocycles. The van der Waals surface area contributed by atoms with Gasteiger partial charge in [0, 0.05) is 42.5 Å². The maximum Gasteiger partial charge on any atom is 0.305 e. The van der Waals surface area contributed by atoms with Gasteiger partial charge in [0.25, 0.3) is 0 Å². The van der Waals surface area contributed by atoms with E-state index in [0.29, 0.717) is 25.3 Å². The second-order valence-electron chi connectivity index (χ2n) is 8.59. The van der Waals surface area contributed by atoms with Crippen molar-refractivity contribution in [2.75, 3.05) is 19.6 Å². The van der Waals surface area contributed by atoms with Crippen molar-refractivity contribution in [1.82, 2.24) is 20.9 Å². The molecule has 3 rings (SSSR count). The van der Waals surface area contributed by atoms with Gasteiger partial charge in [-0.25, -0.2) is 0 Å². The molecule has 0 saturated carbocycles. The van der Waals surface area contributed by atoms with Crippen molar-refractivity contribution in [1.29, 1.82) is 0 Å². The van der Waals surface area contributed by atoms with Gasteiger partial charge in [0.05, 0.1) is 6.42 Å². The summed E-state index contributed by atoms with van der Waals surface area (Å²) in [6, 6.07) is 7.46. The zero-order chi connectivity index (χ0) is 22.8. The molecule has 0 aliphatic carbocycles. The van der Waals surface area contributed by atoms with Gasteiger partial charge in [-0.05, 0) is 62.7 Å². The van der Waals surface area contributed by atoms with Crippen molar-refractivity contribution in [2.45, 2.75) is 57.4 Å². The Hall–Kier alpha value is -2.87. The van der Waals surface area contributed by atoms with Crippen molar-refractivity contribution < 1.29 is 19.5 Å². The van der Waals surface area contributed by atoms with E-state index in [9.17, 15) is 19.5 Å². The van der Waals surface area contributed by atoms with Gasteiger partial charge in [-0.1, -0.05) is 18.2 Å². The lowest BCUT2D eigenvalue weighted by atomic mass is 9.95. The Bertz CT molecular complexity index is 904. The second kappa shape index (κ2) is 12.2. The number of aromatic nitrogens is 1. The van der Waals surface area contributed by atoms with Gasteiger partial charge >= 0.3 is 5.97 Å². The number of carbonyl (C=O) groups excluding carboxylic acids is 2. The van der Waals surface area contributed by atoms with Crippen LogP contribution in [0, 0.1) is 5.92 Å². The predicted octanol–water partition coefficient (Wildman–Crippen LogP) is 2.35. The molecule has 0 bridgehead atoms. The normalized spacial score (nSPS) is 15.4. The molecule has 1 aliphatic rings. The van der Waals surface area contributed by atoms with Gasteiger partial charge < -0.3 is 26.0 Å². The van der Waals surface area contributed by atoms with Crippen LogP contribution in [0.3, 0.4) is 0 Å². The number of carbonyl (C=O) groups is 3. The van der Waals surface area contributed by atoms with Gasteiger partial charge in [0.2, 0.25) is 11.8 Å². The number of amides is 2. The smallest absolute Gasteiger partial charge is 0.305 e. The number of benzene rings is 1. The van der Waals surface area contributed by atoms with E-state index in [2.05, 4.69) is 20.9 Å². The molecule has 1 aromatic carbocycles. The number of H-pyrrole nitrogens is 1. The number of fused-ring (bicyclic) bond motifs is 1. The first-order chi connectivity index (χ1) is 15.5. The minimum atomic E-state index is -0.954. The first-order valence-electron chi connectivity index (χ1n) is 11.5.